The van der Waals surface area contributed by atoms with E-state index in [1.807, 2.05) is 18.2 Å². The molecule has 1 aliphatic heterocycles. The van der Waals surface area contributed by atoms with Gasteiger partial charge in [-0.15, -0.1) is 0 Å². The molecule has 6 nitrogen and oxygen atoms in total. The molecule has 3 aromatic rings. The molecular formula is C26H32N2O4. The normalized spacial score (nSPS) is 19.2. The van der Waals surface area contributed by atoms with E-state index in [4.69, 9.17) is 0 Å². The lowest BCUT2D eigenvalue weighted by Gasteiger charge is -2.33. The maximum absolute atomic E-state index is 12.0. The first-order valence-electron chi connectivity index (χ1n) is 11.0. The predicted octanol–water partition coefficient (Wildman–Crippen LogP) is 4.86. The number of aromatic amines is 1. The van der Waals surface area contributed by atoms with Gasteiger partial charge in [0.25, 0.3) is 0 Å². The monoisotopic (exact) mass is 436 g/mol. The summed E-state index contributed by atoms with van der Waals surface area (Å²) in [6, 6.07) is 7.93. The van der Waals surface area contributed by atoms with Crippen molar-refractivity contribution < 1.29 is 20.1 Å². The van der Waals surface area contributed by atoms with Gasteiger partial charge >= 0.3 is 5.97 Å². The Morgan fingerprint density at radius 1 is 0.969 bits per heavy atom. The average molecular weight is 437 g/mol. The number of rotatable bonds is 2. The molecule has 1 aromatic heterocycles. The number of fused-ring (bicyclic) bond motifs is 3. The van der Waals surface area contributed by atoms with Crippen LogP contribution in [-0.4, -0.2) is 32.3 Å². The molecule has 0 fully saturated rings. The highest BCUT2D eigenvalue weighted by Crippen LogP contribution is 2.43. The molecule has 0 bridgehead atoms. The summed E-state index contributed by atoms with van der Waals surface area (Å²) in [5, 5.41) is 35.1. The van der Waals surface area contributed by atoms with Crippen molar-refractivity contribution in [1.29, 1.82) is 0 Å². The third-order valence-electron chi connectivity index (χ3n) is 6.37. The zero-order valence-corrected chi connectivity index (χ0v) is 19.5. The number of carbonyl (C=O) groups is 1. The largest absolute Gasteiger partial charge is 0.508 e. The van der Waals surface area contributed by atoms with Crippen molar-refractivity contribution in [2.45, 2.75) is 70.9 Å². The average Bonchev–Trinajstić information content (AvgIpc) is 3.03. The molecule has 32 heavy (non-hydrogen) atoms. The van der Waals surface area contributed by atoms with Crippen LogP contribution < -0.4 is 5.32 Å². The Morgan fingerprint density at radius 3 is 2.09 bits per heavy atom. The molecule has 170 valence electrons. The van der Waals surface area contributed by atoms with E-state index in [9.17, 15) is 20.1 Å². The first-order valence-corrected chi connectivity index (χ1v) is 11.0. The van der Waals surface area contributed by atoms with Crippen LogP contribution >= 0.6 is 0 Å². The van der Waals surface area contributed by atoms with Gasteiger partial charge in [-0.3, -0.25) is 10.1 Å². The first-order chi connectivity index (χ1) is 14.8. The highest BCUT2D eigenvalue weighted by molar-refractivity contribution is 5.88. The number of phenolic OH excluding ortho intramolecular Hbond substituents is 2. The van der Waals surface area contributed by atoms with Gasteiger partial charge in [0, 0.05) is 23.0 Å². The van der Waals surface area contributed by atoms with E-state index in [0.29, 0.717) is 12.2 Å². The van der Waals surface area contributed by atoms with Crippen molar-refractivity contribution in [3.63, 3.8) is 0 Å². The number of carboxylic acids is 1. The number of H-pyrrole nitrogens is 1. The Kier molecular flexibility index (Phi) is 5.05. The van der Waals surface area contributed by atoms with E-state index >= 15 is 0 Å². The Bertz CT molecular complexity index is 1180. The van der Waals surface area contributed by atoms with Crippen molar-refractivity contribution in [3.8, 4) is 11.5 Å². The number of hydrogen-bond acceptors (Lipinski definition) is 4. The lowest BCUT2D eigenvalue weighted by molar-refractivity contribution is -0.139. The van der Waals surface area contributed by atoms with Gasteiger partial charge < -0.3 is 20.3 Å². The van der Waals surface area contributed by atoms with Crippen molar-refractivity contribution in [3.05, 3.63) is 58.3 Å². The van der Waals surface area contributed by atoms with E-state index in [1.165, 1.54) is 0 Å². The van der Waals surface area contributed by atoms with Gasteiger partial charge in [0.1, 0.15) is 17.5 Å². The second kappa shape index (κ2) is 7.27. The van der Waals surface area contributed by atoms with Gasteiger partial charge in [-0.1, -0.05) is 41.5 Å². The number of carboxylic acid groups (broad SMARTS) is 1. The number of aromatic hydroxyl groups is 2. The minimum absolute atomic E-state index is 0.149. The molecule has 0 aliphatic carbocycles. The summed E-state index contributed by atoms with van der Waals surface area (Å²) in [5.74, 6) is -0.474. The van der Waals surface area contributed by atoms with E-state index in [0.717, 1.165) is 38.9 Å². The zero-order valence-electron chi connectivity index (χ0n) is 19.5. The SMILES string of the molecule is CC(C)(C)c1cc([C@@H]2N[C@H](C(=O)O)Cc3c2[nH]c2ccc(O)cc32)cc(C(C)(C)C)c1O. The quantitative estimate of drug-likeness (QED) is 0.394. The van der Waals surface area contributed by atoms with Gasteiger partial charge in [0.2, 0.25) is 0 Å². The van der Waals surface area contributed by atoms with Crippen molar-refractivity contribution >= 4 is 16.9 Å². The molecule has 2 heterocycles. The Balaban J connectivity index is 1.99. The number of aromatic nitrogens is 1. The van der Waals surface area contributed by atoms with Crippen LogP contribution in [0, 0.1) is 0 Å². The maximum Gasteiger partial charge on any atom is 0.321 e. The molecule has 2 aromatic carbocycles. The van der Waals surface area contributed by atoms with E-state index in [1.54, 1.807) is 12.1 Å². The van der Waals surface area contributed by atoms with Crippen LogP contribution in [0.3, 0.4) is 0 Å². The van der Waals surface area contributed by atoms with Crippen LogP contribution in [-0.2, 0) is 22.0 Å². The first kappa shape index (κ1) is 22.2. The number of aliphatic carboxylic acids is 1. The summed E-state index contributed by atoms with van der Waals surface area (Å²) in [5.41, 5.74) is 4.62. The smallest absolute Gasteiger partial charge is 0.321 e. The minimum atomic E-state index is -0.916. The second-order valence-electron chi connectivity index (χ2n) is 10.9. The van der Waals surface area contributed by atoms with Crippen LogP contribution in [0.2, 0.25) is 0 Å². The van der Waals surface area contributed by atoms with Gasteiger partial charge in [-0.25, -0.2) is 0 Å². The summed E-state index contributed by atoms with van der Waals surface area (Å²) in [4.78, 5) is 15.5. The molecule has 0 spiro atoms. The third kappa shape index (κ3) is 3.73. The molecule has 5 N–H and O–H groups in total. The summed E-state index contributed by atoms with van der Waals surface area (Å²) < 4.78 is 0. The summed E-state index contributed by atoms with van der Waals surface area (Å²) in [6.45, 7) is 12.4. The molecule has 2 atom stereocenters. The number of hydrogen-bond donors (Lipinski definition) is 5. The fourth-order valence-electron chi connectivity index (χ4n) is 4.66. The van der Waals surface area contributed by atoms with Crippen molar-refractivity contribution in [1.82, 2.24) is 10.3 Å². The van der Waals surface area contributed by atoms with Crippen molar-refractivity contribution in [2.24, 2.45) is 0 Å². The molecular weight excluding hydrogens is 404 g/mol. The third-order valence-corrected chi connectivity index (χ3v) is 6.37. The molecule has 0 radical (unpaired) electrons. The standard InChI is InChI=1S/C26H32N2O4/c1-25(2,3)17-9-13(10-18(23(17)30)26(4,5)6)21-22-16(12-20(28-21)24(31)32)15-11-14(29)7-8-19(15)27-22/h7-11,20-21,27-30H,12H2,1-6H3,(H,31,32)/t20-,21-/m0/s1. The molecule has 0 saturated carbocycles. The lowest BCUT2D eigenvalue weighted by atomic mass is 9.77. The molecule has 0 saturated heterocycles. The maximum atomic E-state index is 12.0. The van der Waals surface area contributed by atoms with Gasteiger partial charge in [0.15, 0.2) is 0 Å². The van der Waals surface area contributed by atoms with Gasteiger partial charge in [-0.05, 0) is 63.4 Å². The van der Waals surface area contributed by atoms with Crippen LogP contribution in [0.4, 0.5) is 0 Å². The highest BCUT2D eigenvalue weighted by Gasteiger charge is 2.36. The molecule has 0 unspecified atom stereocenters. The van der Waals surface area contributed by atoms with Crippen molar-refractivity contribution in [2.75, 3.05) is 0 Å². The number of phenols is 2. The fourth-order valence-corrected chi connectivity index (χ4v) is 4.66. The topological polar surface area (TPSA) is 106 Å². The molecule has 6 heteroatoms. The van der Waals surface area contributed by atoms with E-state index in [-0.39, 0.29) is 16.6 Å². The van der Waals surface area contributed by atoms with Crippen LogP contribution in [0.5, 0.6) is 11.5 Å². The zero-order chi connectivity index (χ0) is 23.6. The minimum Gasteiger partial charge on any atom is -0.508 e. The second-order valence-corrected chi connectivity index (χ2v) is 10.9. The Morgan fingerprint density at radius 2 is 1.56 bits per heavy atom. The predicted molar refractivity (Wildman–Crippen MR) is 126 cm³/mol. The van der Waals surface area contributed by atoms with Gasteiger partial charge in [-0.2, -0.15) is 0 Å². The number of nitrogens with one attached hydrogen (secondary N) is 2. The van der Waals surface area contributed by atoms with Crippen LogP contribution in [0.15, 0.2) is 30.3 Å². The Hall–Kier alpha value is -2.99. The lowest BCUT2D eigenvalue weighted by Crippen LogP contribution is -2.45. The summed E-state index contributed by atoms with van der Waals surface area (Å²) in [7, 11) is 0. The van der Waals surface area contributed by atoms with E-state index in [2.05, 4.69) is 51.8 Å². The van der Waals surface area contributed by atoms with E-state index < -0.39 is 18.1 Å². The molecule has 1 aliphatic rings. The summed E-state index contributed by atoms with van der Waals surface area (Å²) >= 11 is 0. The fraction of sp³-hybridized carbons (Fsp3) is 0.423. The summed E-state index contributed by atoms with van der Waals surface area (Å²) in [6.07, 6.45) is 0.320. The highest BCUT2D eigenvalue weighted by atomic mass is 16.4. The van der Waals surface area contributed by atoms with Crippen LogP contribution in [0.1, 0.15) is 75.5 Å². The number of benzene rings is 2. The molecule has 4 rings (SSSR count). The Labute approximate surface area is 188 Å². The van der Waals surface area contributed by atoms with Gasteiger partial charge in [0.05, 0.1) is 6.04 Å². The molecule has 0 amide bonds. The van der Waals surface area contributed by atoms with Crippen LogP contribution in [0.25, 0.3) is 10.9 Å².